The summed E-state index contributed by atoms with van der Waals surface area (Å²) < 4.78 is 0. The van der Waals surface area contributed by atoms with E-state index in [0.29, 0.717) is 0 Å². The van der Waals surface area contributed by atoms with Gasteiger partial charge in [0, 0.05) is 5.10 Å². The van der Waals surface area contributed by atoms with Crippen LogP contribution in [0.2, 0.25) is 0 Å². The molecule has 7 heavy (non-hydrogen) atoms. The Morgan fingerprint density at radius 3 is 2.57 bits per heavy atom. The number of nitroso groups, excluding NO2 is 1. The van der Waals surface area contributed by atoms with Crippen LogP contribution in [0.15, 0.2) is 5.10 Å². The monoisotopic (exact) mass is 98.0 g/mol. The number of ketones is 1. The van der Waals surface area contributed by atoms with Crippen molar-refractivity contribution in [2.24, 2.45) is 5.10 Å². The average molecular weight is 98.1 g/mol. The lowest BCUT2D eigenvalue weighted by molar-refractivity contribution is -0.500. The Hall–Kier alpha value is -1.06. The molecule has 0 saturated carbocycles. The maximum atomic E-state index is 10.0. The average Bonchev–Trinajstić information content (AvgIpc) is 1.87. The Kier molecular flexibility index (Phi) is 0.714. The topological polar surface area (TPSA) is 49.5 Å². The Morgan fingerprint density at radius 2 is 2.43 bits per heavy atom. The molecule has 0 amide bonds. The molecule has 1 rings (SSSR count). The Bertz CT molecular complexity index is 133. The van der Waals surface area contributed by atoms with Gasteiger partial charge in [-0.25, -0.2) is 0 Å². The van der Waals surface area contributed by atoms with Gasteiger partial charge in [0.05, 0.1) is 4.91 Å². The van der Waals surface area contributed by atoms with Gasteiger partial charge in [-0.2, -0.15) is 0 Å². The second-order valence-electron chi connectivity index (χ2n) is 1.08. The summed E-state index contributed by atoms with van der Waals surface area (Å²) >= 11 is 0. The van der Waals surface area contributed by atoms with Crippen LogP contribution in [0, 0.1) is 11.5 Å². The third-order valence-electron chi connectivity index (χ3n) is 0.536. The van der Waals surface area contributed by atoms with E-state index in [0.717, 1.165) is 12.8 Å². The number of hydrogen-bond donors (Lipinski definition) is 0. The molecule has 1 radical (unpaired) electrons. The summed E-state index contributed by atoms with van der Waals surface area (Å²) in [5, 5.41) is 3.06. The fraction of sp³-hybridized carbons (Fsp3) is 0. The molecule has 0 aromatic carbocycles. The molecular weight excluding hydrogens is 96.0 g/mol. The van der Waals surface area contributed by atoms with Crippen molar-refractivity contribution >= 4 is 12.0 Å². The molecule has 4 nitrogen and oxygen atoms in total. The quantitative estimate of drug-likeness (QED) is 0.383. The zero-order valence-electron chi connectivity index (χ0n) is 3.37. The van der Waals surface area contributed by atoms with Gasteiger partial charge in [0.15, 0.2) is 4.87 Å². The van der Waals surface area contributed by atoms with E-state index < -0.39 is 0 Å². The summed E-state index contributed by atoms with van der Waals surface area (Å²) in [6, 6.07) is 0. The highest BCUT2D eigenvalue weighted by molar-refractivity contribution is 6.31. The molecule has 0 aliphatic carbocycles. The normalized spacial score (nSPS) is 18.9. The summed E-state index contributed by atoms with van der Waals surface area (Å²) in [7, 11) is 0. The predicted octanol–water partition coefficient (Wildman–Crippen LogP) is -0.504. The summed E-state index contributed by atoms with van der Waals surface area (Å²) in [6.07, 6.45) is 0.965. The number of hydrazone groups is 1. The standard InChI is InChI=1S/C3H2N2O2/c6-3-1-4-5(7)2-3/h1-2H/q+1. The molecule has 0 bridgehead atoms. The van der Waals surface area contributed by atoms with Gasteiger partial charge in [0.1, 0.15) is 6.21 Å². The van der Waals surface area contributed by atoms with E-state index in [1.54, 1.807) is 0 Å². The molecule has 0 unspecified atom stereocenters. The Morgan fingerprint density at radius 1 is 1.71 bits per heavy atom. The second kappa shape index (κ2) is 1.22. The molecule has 0 atom stereocenters. The van der Waals surface area contributed by atoms with Crippen LogP contribution in [0.3, 0.4) is 0 Å². The smallest absolute Gasteiger partial charge is 0.285 e. The zero-order chi connectivity index (χ0) is 5.28. The Balaban J connectivity index is 2.76. The summed E-state index contributed by atoms with van der Waals surface area (Å²) in [5.74, 6) is -0.352. The first kappa shape index (κ1) is 4.11. The number of nitrogens with zero attached hydrogens (tertiary/aromatic N) is 2. The summed E-state index contributed by atoms with van der Waals surface area (Å²) in [4.78, 5) is 20.1. The largest absolute Gasteiger partial charge is 0.375 e. The van der Waals surface area contributed by atoms with E-state index in [4.69, 9.17) is 0 Å². The van der Waals surface area contributed by atoms with Crippen LogP contribution < -0.4 is 0 Å². The Labute approximate surface area is 39.4 Å². The van der Waals surface area contributed by atoms with Gasteiger partial charge in [-0.3, -0.25) is 4.79 Å². The van der Waals surface area contributed by atoms with Crippen molar-refractivity contribution in [2.45, 2.75) is 0 Å². The van der Waals surface area contributed by atoms with E-state index in [1.165, 1.54) is 0 Å². The molecule has 4 heteroatoms. The minimum absolute atomic E-state index is 0.225. The first-order valence-electron chi connectivity index (χ1n) is 1.68. The third-order valence-corrected chi connectivity index (χ3v) is 0.536. The van der Waals surface area contributed by atoms with Crippen molar-refractivity contribution < 1.29 is 9.66 Å². The minimum Gasteiger partial charge on any atom is -0.285 e. The van der Waals surface area contributed by atoms with Gasteiger partial charge in [-0.05, 0) is 0 Å². The molecule has 1 heterocycles. The van der Waals surface area contributed by atoms with Crippen molar-refractivity contribution in [1.82, 2.24) is 0 Å². The molecule has 0 fully saturated rings. The number of carbonyl (C=O) groups excluding carboxylic acids is 1. The van der Waals surface area contributed by atoms with E-state index >= 15 is 0 Å². The fourth-order valence-corrected chi connectivity index (χ4v) is 0.289. The molecule has 1 aliphatic heterocycles. The van der Waals surface area contributed by atoms with Gasteiger partial charge < -0.3 is 0 Å². The van der Waals surface area contributed by atoms with E-state index in [1.807, 2.05) is 0 Å². The van der Waals surface area contributed by atoms with Crippen LogP contribution in [0.5, 0.6) is 0 Å². The summed E-state index contributed by atoms with van der Waals surface area (Å²) in [6.45, 7) is 0.861. The molecule has 0 spiro atoms. The van der Waals surface area contributed by atoms with Gasteiger partial charge >= 0.3 is 6.54 Å². The van der Waals surface area contributed by atoms with Crippen LogP contribution >= 0.6 is 0 Å². The summed E-state index contributed by atoms with van der Waals surface area (Å²) in [5.41, 5.74) is 0. The van der Waals surface area contributed by atoms with Crippen molar-refractivity contribution in [1.29, 1.82) is 0 Å². The van der Waals surface area contributed by atoms with E-state index in [9.17, 15) is 9.70 Å². The molecular formula is C3H2N2O2+. The lowest BCUT2D eigenvalue weighted by Crippen LogP contribution is -1.95. The number of Topliss-reactive ketones (excluding diaryl/α,β-unsaturated/α-hetero) is 1. The number of carbonyl (C=O) groups is 1. The fourth-order valence-electron chi connectivity index (χ4n) is 0.289. The van der Waals surface area contributed by atoms with Crippen LogP contribution in [0.4, 0.5) is 0 Å². The molecule has 0 N–H and O–H groups in total. The van der Waals surface area contributed by atoms with Crippen molar-refractivity contribution in [3.8, 4) is 0 Å². The first-order valence-corrected chi connectivity index (χ1v) is 1.68. The molecule has 35 valence electrons. The second-order valence-corrected chi connectivity index (χ2v) is 1.08. The molecule has 1 aliphatic rings. The van der Waals surface area contributed by atoms with Gasteiger partial charge in [0.25, 0.3) is 5.78 Å². The highest BCUT2D eigenvalue weighted by Gasteiger charge is 2.22. The van der Waals surface area contributed by atoms with Crippen molar-refractivity contribution in [3.05, 3.63) is 11.5 Å². The van der Waals surface area contributed by atoms with E-state index in [-0.39, 0.29) is 10.7 Å². The number of rotatable bonds is 0. The van der Waals surface area contributed by atoms with Crippen molar-refractivity contribution in [3.63, 3.8) is 0 Å². The van der Waals surface area contributed by atoms with Crippen LogP contribution in [0.1, 0.15) is 0 Å². The number of hydrogen-bond acceptors (Lipinski definition) is 2. The first-order chi connectivity index (χ1) is 3.29. The van der Waals surface area contributed by atoms with Crippen LogP contribution in [-0.2, 0) is 4.79 Å². The minimum atomic E-state index is -0.352. The van der Waals surface area contributed by atoms with Gasteiger partial charge in [-0.1, -0.05) is 0 Å². The van der Waals surface area contributed by atoms with Crippen LogP contribution in [-0.4, -0.2) is 16.9 Å². The lowest BCUT2D eigenvalue weighted by Gasteiger charge is -1.58. The highest BCUT2D eigenvalue weighted by Crippen LogP contribution is 1.89. The lowest BCUT2D eigenvalue weighted by atomic mass is 10.5. The highest BCUT2D eigenvalue weighted by atomic mass is 16.3. The zero-order valence-corrected chi connectivity index (χ0v) is 3.37. The maximum absolute atomic E-state index is 10.0. The molecule has 0 aromatic heterocycles. The third kappa shape index (κ3) is 0.677. The van der Waals surface area contributed by atoms with E-state index in [2.05, 4.69) is 5.10 Å². The van der Waals surface area contributed by atoms with Gasteiger partial charge in [-0.15, -0.1) is 0 Å². The van der Waals surface area contributed by atoms with Crippen molar-refractivity contribution in [2.75, 3.05) is 0 Å². The maximum Gasteiger partial charge on any atom is 0.375 e. The SMILES string of the molecule is O=C1[CH][N+](=O)N=C1. The predicted molar refractivity (Wildman–Crippen MR) is 21.4 cm³/mol. The van der Waals surface area contributed by atoms with Gasteiger partial charge in [0.2, 0.25) is 0 Å². The van der Waals surface area contributed by atoms with Crippen LogP contribution in [0.25, 0.3) is 0 Å². The molecule has 0 aromatic rings. The molecule has 0 saturated heterocycles.